The van der Waals surface area contributed by atoms with Crippen LogP contribution >= 0.6 is 0 Å². The molecule has 2 atom stereocenters. The van der Waals surface area contributed by atoms with Gasteiger partial charge in [-0.1, -0.05) is 49.6 Å². The number of sulfonamides is 1. The zero-order valence-electron chi connectivity index (χ0n) is 23.2. The molecule has 0 spiro atoms. The molecule has 0 aromatic heterocycles. The van der Waals surface area contributed by atoms with Gasteiger partial charge in [0.2, 0.25) is 10.0 Å². The Hall–Kier alpha value is -2.49. The largest absolute Gasteiger partial charge is 0.457 e. The molecule has 0 saturated carbocycles. The van der Waals surface area contributed by atoms with Crippen LogP contribution < -0.4 is 4.72 Å². The van der Waals surface area contributed by atoms with Gasteiger partial charge in [0.1, 0.15) is 16.7 Å². The number of allylic oxidation sites excluding steroid dienone is 2. The molecule has 1 unspecified atom stereocenters. The minimum absolute atomic E-state index is 0.0528. The SMILES string of the molecule is C=C/C=C(\C(=C)F)[C@H](CCO)N=C1NS(=O)(=O)C(c2ccc(C3CCN(C(C)(C)C)CC3)cc2)C(C)(C)O1. The number of amidine groups is 1. The molecule has 0 amide bonds. The highest BCUT2D eigenvalue weighted by molar-refractivity contribution is 7.90. The number of nitrogens with zero attached hydrogens (tertiary/aromatic N) is 2. The van der Waals surface area contributed by atoms with Gasteiger partial charge in [0.15, 0.2) is 0 Å². The van der Waals surface area contributed by atoms with Crippen LogP contribution in [-0.2, 0) is 14.8 Å². The van der Waals surface area contributed by atoms with Crippen molar-refractivity contribution in [3.63, 3.8) is 0 Å². The molecule has 0 bridgehead atoms. The lowest BCUT2D eigenvalue weighted by atomic mass is 9.86. The van der Waals surface area contributed by atoms with Crippen molar-refractivity contribution in [2.75, 3.05) is 19.7 Å². The number of aliphatic imine (C=N–C) groups is 1. The molecule has 2 fully saturated rings. The number of hydrogen-bond donors (Lipinski definition) is 2. The van der Waals surface area contributed by atoms with Crippen LogP contribution in [-0.4, -0.2) is 61.3 Å². The first kappa shape index (κ1) is 30.1. The molecule has 38 heavy (non-hydrogen) atoms. The summed E-state index contributed by atoms with van der Waals surface area (Å²) in [6, 6.07) is 6.65. The smallest absolute Gasteiger partial charge is 0.299 e. The summed E-state index contributed by atoms with van der Waals surface area (Å²) >= 11 is 0. The number of likely N-dealkylation sites (tertiary alicyclic amines) is 1. The zero-order chi connectivity index (χ0) is 28.3. The first-order valence-electron chi connectivity index (χ1n) is 13.1. The molecule has 0 radical (unpaired) electrons. The second kappa shape index (κ2) is 11.7. The Bertz CT molecular complexity index is 1180. The zero-order valence-corrected chi connectivity index (χ0v) is 24.0. The molecular weight excluding hydrogens is 505 g/mol. The average Bonchev–Trinajstić information content (AvgIpc) is 2.80. The van der Waals surface area contributed by atoms with Crippen molar-refractivity contribution in [3.05, 3.63) is 72.1 Å². The highest BCUT2D eigenvalue weighted by Gasteiger charge is 2.48. The topological polar surface area (TPSA) is 91.2 Å². The maximum absolute atomic E-state index is 14.1. The highest BCUT2D eigenvalue weighted by atomic mass is 32.2. The third kappa shape index (κ3) is 6.93. The molecule has 2 aliphatic rings. The number of hydrogen-bond acceptors (Lipinski definition) is 6. The third-order valence-corrected chi connectivity index (χ3v) is 9.25. The number of nitrogens with one attached hydrogen (secondary N) is 1. The van der Waals surface area contributed by atoms with Gasteiger partial charge in [0.05, 0.1) is 6.04 Å². The van der Waals surface area contributed by atoms with Gasteiger partial charge in [-0.25, -0.2) is 22.5 Å². The van der Waals surface area contributed by atoms with E-state index < -0.39 is 32.7 Å². The fraction of sp³-hybridized carbons (Fsp3) is 0.552. The normalized spacial score (nSPS) is 24.3. The summed E-state index contributed by atoms with van der Waals surface area (Å²) in [5.74, 6) is -0.300. The number of rotatable bonds is 8. The Labute approximate surface area is 227 Å². The van der Waals surface area contributed by atoms with Crippen molar-refractivity contribution < 1.29 is 22.7 Å². The van der Waals surface area contributed by atoms with Crippen LogP contribution in [0.15, 0.2) is 66.0 Å². The molecule has 1 aromatic carbocycles. The van der Waals surface area contributed by atoms with Crippen LogP contribution in [0.1, 0.15) is 76.2 Å². The quantitative estimate of drug-likeness (QED) is 0.440. The van der Waals surface area contributed by atoms with E-state index in [9.17, 15) is 17.9 Å². The predicted octanol–water partition coefficient (Wildman–Crippen LogP) is 5.14. The first-order chi connectivity index (χ1) is 17.7. The van der Waals surface area contributed by atoms with Gasteiger partial charge in [-0.2, -0.15) is 0 Å². The molecule has 2 aliphatic heterocycles. The van der Waals surface area contributed by atoms with E-state index >= 15 is 0 Å². The molecule has 2 saturated heterocycles. The number of halogens is 1. The van der Waals surface area contributed by atoms with Crippen molar-refractivity contribution in [2.45, 2.75) is 82.2 Å². The van der Waals surface area contributed by atoms with E-state index in [1.807, 2.05) is 24.3 Å². The Morgan fingerprint density at radius 1 is 1.26 bits per heavy atom. The standard InChI is InChI=1S/C29H42FN3O4S/c1-8-9-24(20(2)30)25(16-19-34)31-27-32-38(35,36)26(29(6,7)37-27)23-12-10-21(11-13-23)22-14-17-33(18-15-22)28(3,4)5/h8-13,22,25-26,34H,1-2,14-19H2,3-7H3,(H,31,32)/b24-9+/t25-,26?/m0/s1. The van der Waals surface area contributed by atoms with Crippen molar-refractivity contribution in [2.24, 2.45) is 4.99 Å². The van der Waals surface area contributed by atoms with E-state index in [2.05, 4.69) is 48.5 Å². The number of benzene rings is 1. The average molecular weight is 548 g/mol. The summed E-state index contributed by atoms with van der Waals surface area (Å²) in [4.78, 5) is 6.81. The summed E-state index contributed by atoms with van der Waals surface area (Å²) in [6.07, 6.45) is 4.96. The maximum atomic E-state index is 14.1. The van der Waals surface area contributed by atoms with E-state index in [1.54, 1.807) is 13.8 Å². The van der Waals surface area contributed by atoms with Crippen LogP contribution in [0.4, 0.5) is 4.39 Å². The summed E-state index contributed by atoms with van der Waals surface area (Å²) in [5.41, 5.74) is 0.916. The number of aliphatic hydroxyl groups is 1. The molecule has 1 aromatic rings. The van der Waals surface area contributed by atoms with Gasteiger partial charge in [-0.15, -0.1) is 0 Å². The van der Waals surface area contributed by atoms with E-state index in [1.165, 1.54) is 17.7 Å². The lowest BCUT2D eigenvalue weighted by molar-refractivity contribution is 0.0761. The van der Waals surface area contributed by atoms with Gasteiger partial charge in [0.25, 0.3) is 6.02 Å². The van der Waals surface area contributed by atoms with Crippen LogP contribution in [0.5, 0.6) is 0 Å². The highest BCUT2D eigenvalue weighted by Crippen LogP contribution is 2.40. The van der Waals surface area contributed by atoms with Crippen molar-refractivity contribution in [1.29, 1.82) is 0 Å². The number of piperidine rings is 1. The van der Waals surface area contributed by atoms with Crippen LogP contribution in [0.2, 0.25) is 0 Å². The molecule has 9 heteroatoms. The summed E-state index contributed by atoms with van der Waals surface area (Å²) < 4.78 is 49.4. The molecular formula is C29H42FN3O4S. The van der Waals surface area contributed by atoms with E-state index in [0.717, 1.165) is 25.9 Å². The van der Waals surface area contributed by atoms with Crippen molar-refractivity contribution >= 4 is 16.0 Å². The molecule has 210 valence electrons. The minimum atomic E-state index is -3.94. The summed E-state index contributed by atoms with van der Waals surface area (Å²) in [7, 11) is -3.94. The van der Waals surface area contributed by atoms with Gasteiger partial charge in [0, 0.05) is 17.7 Å². The monoisotopic (exact) mass is 547 g/mol. The van der Waals surface area contributed by atoms with Crippen molar-refractivity contribution in [1.82, 2.24) is 9.62 Å². The molecule has 3 rings (SSSR count). The van der Waals surface area contributed by atoms with E-state index in [0.29, 0.717) is 11.5 Å². The van der Waals surface area contributed by atoms with Gasteiger partial charge in [-0.05, 0) is 84.0 Å². The van der Waals surface area contributed by atoms with Crippen LogP contribution in [0, 0.1) is 0 Å². The lowest BCUT2D eigenvalue weighted by Crippen LogP contribution is -2.53. The summed E-state index contributed by atoms with van der Waals surface area (Å²) in [5, 5.41) is 8.49. The predicted molar refractivity (Wildman–Crippen MR) is 151 cm³/mol. The first-order valence-corrected chi connectivity index (χ1v) is 14.7. The molecule has 2 heterocycles. The van der Waals surface area contributed by atoms with Crippen LogP contribution in [0.25, 0.3) is 0 Å². The Kier molecular flexibility index (Phi) is 9.27. The van der Waals surface area contributed by atoms with Crippen molar-refractivity contribution in [3.8, 4) is 0 Å². The van der Waals surface area contributed by atoms with Crippen LogP contribution in [0.3, 0.4) is 0 Å². The minimum Gasteiger partial charge on any atom is -0.457 e. The van der Waals surface area contributed by atoms with Gasteiger partial charge >= 0.3 is 0 Å². The fourth-order valence-corrected chi connectivity index (χ4v) is 7.17. The lowest BCUT2D eigenvalue weighted by Gasteiger charge is -2.41. The van der Waals surface area contributed by atoms with Gasteiger partial charge in [-0.3, -0.25) is 4.90 Å². The van der Waals surface area contributed by atoms with E-state index in [4.69, 9.17) is 4.74 Å². The second-order valence-electron chi connectivity index (χ2n) is 11.6. The Balaban J connectivity index is 1.82. The van der Waals surface area contributed by atoms with Gasteiger partial charge < -0.3 is 9.84 Å². The fourth-order valence-electron chi connectivity index (χ4n) is 5.40. The number of ether oxygens (including phenoxy) is 1. The second-order valence-corrected chi connectivity index (χ2v) is 13.3. The summed E-state index contributed by atoms with van der Waals surface area (Å²) in [6.45, 7) is 18.8. The Morgan fingerprint density at radius 2 is 1.84 bits per heavy atom. The van der Waals surface area contributed by atoms with E-state index in [-0.39, 0.29) is 30.2 Å². The maximum Gasteiger partial charge on any atom is 0.299 e. The molecule has 7 nitrogen and oxygen atoms in total. The molecule has 0 aliphatic carbocycles. The molecule has 2 N–H and O–H groups in total. The Morgan fingerprint density at radius 3 is 2.32 bits per heavy atom. The third-order valence-electron chi connectivity index (χ3n) is 7.33. The number of aliphatic hydroxyl groups excluding tert-OH is 1.